The van der Waals surface area contributed by atoms with E-state index in [9.17, 15) is 4.79 Å². The summed E-state index contributed by atoms with van der Waals surface area (Å²) in [5.74, 6) is 2.02. The molecule has 4 nitrogen and oxygen atoms in total. The van der Waals surface area contributed by atoms with Gasteiger partial charge in [-0.2, -0.15) is 0 Å². The molecule has 0 aromatic carbocycles. The molecule has 4 heteroatoms. The van der Waals surface area contributed by atoms with Crippen LogP contribution in [0.3, 0.4) is 0 Å². The van der Waals surface area contributed by atoms with Crippen LogP contribution in [0.1, 0.15) is 0 Å². The molecule has 1 heterocycles. The van der Waals surface area contributed by atoms with Gasteiger partial charge in [0, 0.05) is 31.9 Å². The highest BCUT2D eigenvalue weighted by molar-refractivity contribution is 5.63. The van der Waals surface area contributed by atoms with E-state index in [-0.39, 0.29) is 6.04 Å². The van der Waals surface area contributed by atoms with Crippen molar-refractivity contribution < 1.29 is 4.79 Å². The second-order valence-corrected chi connectivity index (χ2v) is 4.54. The topological polar surface area (TPSA) is 35.6 Å². The minimum atomic E-state index is 0.00344. The summed E-state index contributed by atoms with van der Waals surface area (Å²) in [6, 6.07) is 0.00344. The van der Waals surface area contributed by atoms with Crippen LogP contribution in [0.2, 0.25) is 0 Å². The highest BCUT2D eigenvalue weighted by Crippen LogP contribution is 2.18. The van der Waals surface area contributed by atoms with E-state index in [1.165, 1.54) is 0 Å². The van der Waals surface area contributed by atoms with Gasteiger partial charge in [-0.1, -0.05) is 6.08 Å². The van der Waals surface area contributed by atoms with Crippen molar-refractivity contribution in [1.82, 2.24) is 15.1 Å². The second kappa shape index (κ2) is 5.32. The first-order valence-corrected chi connectivity index (χ1v) is 6.00. The normalized spacial score (nSPS) is 25.8. The van der Waals surface area contributed by atoms with Crippen molar-refractivity contribution in [2.24, 2.45) is 0 Å². The maximum Gasteiger partial charge on any atom is 0.130 e. The summed E-state index contributed by atoms with van der Waals surface area (Å²) in [7, 11) is 3.98. The monoisotopic (exact) mass is 233 g/mol. The molecule has 2 rings (SSSR count). The van der Waals surface area contributed by atoms with E-state index in [1.54, 1.807) is 0 Å². The molecule has 0 saturated carbocycles. The highest BCUT2D eigenvalue weighted by Gasteiger charge is 2.19. The SMILES string of the molecule is CNC1C=CC(N2CCN(C)CC2)=CC1=C=O. The van der Waals surface area contributed by atoms with Crippen molar-refractivity contribution in [1.29, 1.82) is 0 Å². The van der Waals surface area contributed by atoms with Gasteiger partial charge in [-0.3, -0.25) is 0 Å². The number of nitrogens with zero attached hydrogens (tertiary/aromatic N) is 2. The van der Waals surface area contributed by atoms with Crippen LogP contribution in [0.5, 0.6) is 0 Å². The van der Waals surface area contributed by atoms with Crippen molar-refractivity contribution in [3.63, 3.8) is 0 Å². The predicted molar refractivity (Wildman–Crippen MR) is 68.3 cm³/mol. The van der Waals surface area contributed by atoms with Crippen molar-refractivity contribution in [3.8, 4) is 0 Å². The van der Waals surface area contributed by atoms with Gasteiger partial charge in [0.1, 0.15) is 5.94 Å². The zero-order chi connectivity index (χ0) is 12.3. The van der Waals surface area contributed by atoms with Gasteiger partial charge >= 0.3 is 0 Å². The van der Waals surface area contributed by atoms with Gasteiger partial charge in [-0.25, -0.2) is 4.79 Å². The van der Waals surface area contributed by atoms with Gasteiger partial charge in [0.15, 0.2) is 0 Å². The van der Waals surface area contributed by atoms with E-state index in [0.29, 0.717) is 5.57 Å². The first-order valence-electron chi connectivity index (χ1n) is 6.00. The summed E-state index contributed by atoms with van der Waals surface area (Å²) in [5, 5.41) is 3.08. The van der Waals surface area contributed by atoms with Crippen molar-refractivity contribution >= 4 is 5.94 Å². The third-order valence-electron chi connectivity index (χ3n) is 3.40. The predicted octanol–water partition coefficient (Wildman–Crippen LogP) is 0.0335. The lowest BCUT2D eigenvalue weighted by Crippen LogP contribution is -2.44. The summed E-state index contributed by atoms with van der Waals surface area (Å²) in [5.41, 5.74) is 1.81. The molecule has 0 aromatic heterocycles. The molecule has 2 aliphatic rings. The summed E-state index contributed by atoms with van der Waals surface area (Å²) in [4.78, 5) is 15.5. The Balaban J connectivity index is 2.10. The standard InChI is InChI=1S/C13H19N3O/c1-14-13-4-3-12(9-11(13)10-17)16-7-5-15(2)6-8-16/h3-4,9,13-14H,5-8H2,1-2H3. The average Bonchev–Trinajstić information content (AvgIpc) is 2.39. The molecular weight excluding hydrogens is 214 g/mol. The molecule has 0 radical (unpaired) electrons. The van der Waals surface area contributed by atoms with Crippen molar-refractivity contribution in [3.05, 3.63) is 29.5 Å². The van der Waals surface area contributed by atoms with E-state index in [2.05, 4.69) is 28.2 Å². The second-order valence-electron chi connectivity index (χ2n) is 4.54. The fourth-order valence-corrected chi connectivity index (χ4v) is 2.20. The summed E-state index contributed by atoms with van der Waals surface area (Å²) < 4.78 is 0. The fourth-order valence-electron chi connectivity index (χ4n) is 2.20. The van der Waals surface area contributed by atoms with Crippen LogP contribution in [0.15, 0.2) is 29.5 Å². The van der Waals surface area contributed by atoms with Gasteiger partial charge < -0.3 is 15.1 Å². The molecule has 92 valence electrons. The summed E-state index contributed by atoms with van der Waals surface area (Å²) in [6.07, 6.45) is 6.06. The minimum Gasteiger partial charge on any atom is -0.369 e. The molecule has 0 amide bonds. The van der Waals surface area contributed by atoms with Gasteiger partial charge in [-0.05, 0) is 26.2 Å². The molecule has 1 unspecified atom stereocenters. The molecule has 1 fully saturated rings. The first-order chi connectivity index (χ1) is 8.24. The van der Waals surface area contributed by atoms with Crippen molar-refractivity contribution in [2.45, 2.75) is 6.04 Å². The molecule has 1 N–H and O–H groups in total. The maximum absolute atomic E-state index is 10.9. The van der Waals surface area contributed by atoms with Gasteiger partial charge in [0.05, 0.1) is 11.6 Å². The number of hydrogen-bond acceptors (Lipinski definition) is 4. The molecule has 0 spiro atoms. The van der Waals surface area contributed by atoms with Crippen molar-refractivity contribution in [2.75, 3.05) is 40.3 Å². The Hall–Kier alpha value is -1.35. The Morgan fingerprint density at radius 1 is 1.35 bits per heavy atom. The Kier molecular flexibility index (Phi) is 3.79. The highest BCUT2D eigenvalue weighted by atomic mass is 16.1. The molecule has 17 heavy (non-hydrogen) atoms. The van der Waals surface area contributed by atoms with Crippen LogP contribution in [0.25, 0.3) is 0 Å². The molecular formula is C13H19N3O. The third-order valence-corrected chi connectivity index (χ3v) is 3.40. The van der Waals surface area contributed by atoms with Crippen LogP contribution >= 0.6 is 0 Å². The maximum atomic E-state index is 10.9. The van der Waals surface area contributed by atoms with Crippen LogP contribution in [-0.4, -0.2) is 62.1 Å². The van der Waals surface area contributed by atoms with E-state index in [0.717, 1.165) is 31.9 Å². The van der Waals surface area contributed by atoms with Gasteiger partial charge in [0.25, 0.3) is 0 Å². The number of piperazine rings is 1. The Morgan fingerprint density at radius 2 is 2.06 bits per heavy atom. The van der Waals surface area contributed by atoms with Crippen LogP contribution in [0.4, 0.5) is 0 Å². The number of carbonyl (C=O) groups excluding carboxylic acids is 1. The minimum absolute atomic E-state index is 0.00344. The van der Waals surface area contributed by atoms with Crippen LogP contribution in [0, 0.1) is 0 Å². The van der Waals surface area contributed by atoms with Gasteiger partial charge in [0.2, 0.25) is 0 Å². The number of rotatable bonds is 2. The Labute approximate surface area is 102 Å². The van der Waals surface area contributed by atoms with Crippen LogP contribution in [-0.2, 0) is 4.79 Å². The molecule has 0 aromatic rings. The fraction of sp³-hybridized carbons (Fsp3) is 0.538. The first kappa shape index (κ1) is 12.1. The van der Waals surface area contributed by atoms with Gasteiger partial charge in [-0.15, -0.1) is 0 Å². The van der Waals surface area contributed by atoms with E-state index in [1.807, 2.05) is 25.1 Å². The van der Waals surface area contributed by atoms with E-state index >= 15 is 0 Å². The smallest absolute Gasteiger partial charge is 0.130 e. The Bertz CT molecular complexity index is 385. The van der Waals surface area contributed by atoms with E-state index in [4.69, 9.17) is 0 Å². The lowest BCUT2D eigenvalue weighted by atomic mass is 10.0. The average molecular weight is 233 g/mol. The number of nitrogens with one attached hydrogen (secondary N) is 1. The quantitative estimate of drug-likeness (QED) is 0.683. The zero-order valence-corrected chi connectivity index (χ0v) is 10.4. The summed E-state index contributed by atoms with van der Waals surface area (Å²) in [6.45, 7) is 4.17. The number of allylic oxidation sites excluding steroid dienone is 1. The Morgan fingerprint density at radius 3 is 2.65 bits per heavy atom. The molecule has 1 aliphatic carbocycles. The third kappa shape index (κ3) is 2.67. The lowest BCUT2D eigenvalue weighted by molar-refractivity contribution is 0.190. The molecule has 1 atom stereocenters. The number of likely N-dealkylation sites (N-methyl/N-ethyl adjacent to an activating group) is 2. The molecule has 1 saturated heterocycles. The molecule has 0 bridgehead atoms. The zero-order valence-electron chi connectivity index (χ0n) is 10.4. The largest absolute Gasteiger partial charge is 0.369 e. The molecule has 1 aliphatic heterocycles. The van der Waals surface area contributed by atoms with Crippen LogP contribution < -0.4 is 5.32 Å². The lowest BCUT2D eigenvalue weighted by Gasteiger charge is -2.35. The number of hydrogen-bond donors (Lipinski definition) is 1. The van der Waals surface area contributed by atoms with E-state index < -0.39 is 0 Å². The summed E-state index contributed by atoms with van der Waals surface area (Å²) >= 11 is 0.